The second kappa shape index (κ2) is 10.00. The molecule has 152 valence electrons. The van der Waals surface area contributed by atoms with E-state index in [1.807, 2.05) is 37.1 Å². The molecule has 1 atom stereocenters. The smallest absolute Gasteiger partial charge is 0.263 e. The zero-order valence-corrected chi connectivity index (χ0v) is 17.4. The molecule has 7 heteroatoms. The highest BCUT2D eigenvalue weighted by atomic mass is 16.5. The lowest BCUT2D eigenvalue weighted by molar-refractivity contribution is -0.117. The van der Waals surface area contributed by atoms with Crippen LogP contribution in [-0.4, -0.2) is 63.2 Å². The molecule has 28 heavy (non-hydrogen) atoms. The molecule has 1 saturated heterocycles. The summed E-state index contributed by atoms with van der Waals surface area (Å²) in [6.07, 6.45) is 3.70. The summed E-state index contributed by atoms with van der Waals surface area (Å²) >= 11 is 0. The summed E-state index contributed by atoms with van der Waals surface area (Å²) in [6.45, 7) is 3.91. The SMILES string of the molecule is COc1ccc(C(C)NC(=O)/C(C#N)=C\N(C)C2CCN(C)CC2)cc1OC. The fourth-order valence-corrected chi connectivity index (χ4v) is 3.33. The summed E-state index contributed by atoms with van der Waals surface area (Å²) in [4.78, 5) is 16.9. The molecule has 1 aliphatic rings. The van der Waals surface area contributed by atoms with Crippen LogP contribution in [0, 0.1) is 11.3 Å². The van der Waals surface area contributed by atoms with Gasteiger partial charge in [0.2, 0.25) is 0 Å². The lowest BCUT2D eigenvalue weighted by Crippen LogP contribution is -2.40. The molecule has 0 spiro atoms. The number of methoxy groups -OCH3 is 2. The van der Waals surface area contributed by atoms with Crippen LogP contribution in [0.3, 0.4) is 0 Å². The van der Waals surface area contributed by atoms with Crippen LogP contribution in [0.15, 0.2) is 30.0 Å². The number of carbonyl (C=O) groups is 1. The molecular formula is C21H30N4O3. The molecule has 1 aromatic carbocycles. The largest absolute Gasteiger partial charge is 0.493 e. The number of ether oxygens (including phenoxy) is 2. The van der Waals surface area contributed by atoms with Gasteiger partial charge in [-0.2, -0.15) is 5.26 Å². The highest BCUT2D eigenvalue weighted by Gasteiger charge is 2.21. The summed E-state index contributed by atoms with van der Waals surface area (Å²) in [7, 11) is 7.18. The number of piperidine rings is 1. The van der Waals surface area contributed by atoms with E-state index < -0.39 is 0 Å². The van der Waals surface area contributed by atoms with Gasteiger partial charge in [0.1, 0.15) is 11.6 Å². The number of likely N-dealkylation sites (tertiary alicyclic amines) is 1. The van der Waals surface area contributed by atoms with Gasteiger partial charge >= 0.3 is 0 Å². The number of carbonyl (C=O) groups excluding carboxylic acids is 1. The second-order valence-corrected chi connectivity index (χ2v) is 7.16. The fraction of sp³-hybridized carbons (Fsp3) is 0.524. The van der Waals surface area contributed by atoms with Crippen LogP contribution in [0.4, 0.5) is 0 Å². The van der Waals surface area contributed by atoms with E-state index >= 15 is 0 Å². The molecule has 2 rings (SSSR count). The van der Waals surface area contributed by atoms with Gasteiger partial charge < -0.3 is 24.6 Å². The van der Waals surface area contributed by atoms with Crippen molar-refractivity contribution in [2.75, 3.05) is 41.4 Å². The van der Waals surface area contributed by atoms with Crippen LogP contribution in [0.25, 0.3) is 0 Å². The molecule has 1 fully saturated rings. The van der Waals surface area contributed by atoms with E-state index in [4.69, 9.17) is 9.47 Å². The average Bonchev–Trinajstić information content (AvgIpc) is 2.71. The number of benzene rings is 1. The number of nitrogens with zero attached hydrogens (tertiary/aromatic N) is 3. The number of amides is 1. The maximum atomic E-state index is 12.6. The molecule has 1 aromatic rings. The molecule has 0 saturated carbocycles. The Balaban J connectivity index is 2.05. The molecule has 1 heterocycles. The van der Waals surface area contributed by atoms with E-state index in [2.05, 4.69) is 17.3 Å². The minimum absolute atomic E-state index is 0.105. The molecular weight excluding hydrogens is 356 g/mol. The first-order chi connectivity index (χ1) is 13.4. The van der Waals surface area contributed by atoms with Crippen molar-refractivity contribution in [1.29, 1.82) is 5.26 Å². The van der Waals surface area contributed by atoms with E-state index in [1.165, 1.54) is 0 Å². The third-order valence-electron chi connectivity index (χ3n) is 5.22. The van der Waals surface area contributed by atoms with Crippen molar-refractivity contribution in [3.05, 3.63) is 35.5 Å². The quantitative estimate of drug-likeness (QED) is 0.572. The summed E-state index contributed by atoms with van der Waals surface area (Å²) in [5.74, 6) is 0.839. The lowest BCUT2D eigenvalue weighted by atomic mass is 10.0. The Morgan fingerprint density at radius 1 is 1.32 bits per heavy atom. The van der Waals surface area contributed by atoms with Crippen molar-refractivity contribution in [2.45, 2.75) is 31.8 Å². The maximum Gasteiger partial charge on any atom is 0.263 e. The maximum absolute atomic E-state index is 12.6. The van der Waals surface area contributed by atoms with Crippen molar-refractivity contribution in [3.63, 3.8) is 0 Å². The van der Waals surface area contributed by atoms with Crippen LogP contribution in [0.2, 0.25) is 0 Å². The monoisotopic (exact) mass is 386 g/mol. The van der Waals surface area contributed by atoms with Gasteiger partial charge in [-0.3, -0.25) is 4.79 Å². The van der Waals surface area contributed by atoms with Crippen molar-refractivity contribution in [2.24, 2.45) is 0 Å². The molecule has 0 aromatic heterocycles. The van der Waals surface area contributed by atoms with Gasteiger partial charge in [-0.05, 0) is 57.6 Å². The number of hydrogen-bond donors (Lipinski definition) is 1. The Morgan fingerprint density at radius 3 is 2.54 bits per heavy atom. The Kier molecular flexibility index (Phi) is 7.70. The van der Waals surface area contributed by atoms with Crippen LogP contribution in [0.1, 0.15) is 31.4 Å². The molecule has 7 nitrogen and oxygen atoms in total. The Hall–Kier alpha value is -2.72. The van der Waals surface area contributed by atoms with Crippen LogP contribution in [0.5, 0.6) is 11.5 Å². The molecule has 1 amide bonds. The third kappa shape index (κ3) is 5.40. The van der Waals surface area contributed by atoms with Gasteiger partial charge in [0, 0.05) is 19.3 Å². The first-order valence-electron chi connectivity index (χ1n) is 9.44. The first-order valence-corrected chi connectivity index (χ1v) is 9.44. The Morgan fingerprint density at radius 2 is 1.96 bits per heavy atom. The lowest BCUT2D eigenvalue weighted by Gasteiger charge is -2.34. The second-order valence-electron chi connectivity index (χ2n) is 7.16. The highest BCUT2D eigenvalue weighted by molar-refractivity contribution is 5.97. The standard InChI is InChI=1S/C21H30N4O3/c1-15(16-6-7-19(27-4)20(12-16)28-5)23-21(26)17(13-22)14-25(3)18-8-10-24(2)11-9-18/h6-7,12,14-15,18H,8-11H2,1-5H3,(H,23,26)/b17-14-. The predicted molar refractivity (Wildman–Crippen MR) is 108 cm³/mol. The molecule has 0 radical (unpaired) electrons. The molecule has 1 unspecified atom stereocenters. The Labute approximate surface area is 167 Å². The number of nitrogens with one attached hydrogen (secondary N) is 1. The highest BCUT2D eigenvalue weighted by Crippen LogP contribution is 2.30. The summed E-state index contributed by atoms with van der Waals surface area (Å²) in [5.41, 5.74) is 0.973. The normalized spacial score (nSPS) is 16.8. The van der Waals surface area contributed by atoms with E-state index in [0.29, 0.717) is 17.5 Å². The van der Waals surface area contributed by atoms with Gasteiger partial charge in [-0.1, -0.05) is 6.07 Å². The zero-order valence-electron chi connectivity index (χ0n) is 17.4. The predicted octanol–water partition coefficient (Wildman–Crippen LogP) is 2.31. The van der Waals surface area contributed by atoms with Gasteiger partial charge in [0.25, 0.3) is 5.91 Å². The van der Waals surface area contributed by atoms with Crippen LogP contribution in [-0.2, 0) is 4.79 Å². The summed E-state index contributed by atoms with van der Waals surface area (Å²) in [6, 6.07) is 7.58. The van der Waals surface area contributed by atoms with Crippen LogP contribution < -0.4 is 14.8 Å². The third-order valence-corrected chi connectivity index (χ3v) is 5.22. The van der Waals surface area contributed by atoms with Gasteiger partial charge in [0.15, 0.2) is 11.5 Å². The molecule has 0 bridgehead atoms. The number of nitriles is 1. The number of hydrogen-bond acceptors (Lipinski definition) is 6. The molecule has 1 N–H and O–H groups in total. The van der Waals surface area contributed by atoms with Gasteiger partial charge in [-0.15, -0.1) is 0 Å². The van der Waals surface area contributed by atoms with Crippen molar-refractivity contribution >= 4 is 5.91 Å². The van der Waals surface area contributed by atoms with Crippen molar-refractivity contribution in [3.8, 4) is 17.6 Å². The van der Waals surface area contributed by atoms with E-state index in [9.17, 15) is 10.1 Å². The van der Waals surface area contributed by atoms with E-state index in [1.54, 1.807) is 26.5 Å². The topological polar surface area (TPSA) is 77.8 Å². The van der Waals surface area contributed by atoms with Gasteiger partial charge in [0.05, 0.1) is 20.3 Å². The van der Waals surface area contributed by atoms with Gasteiger partial charge in [-0.25, -0.2) is 0 Å². The summed E-state index contributed by atoms with van der Waals surface area (Å²) in [5, 5.41) is 12.4. The molecule has 1 aliphatic heterocycles. The Bertz CT molecular complexity index is 749. The number of rotatable bonds is 7. The fourth-order valence-electron chi connectivity index (χ4n) is 3.33. The first kappa shape index (κ1) is 21.6. The van der Waals surface area contributed by atoms with Crippen LogP contribution >= 0.6 is 0 Å². The minimum atomic E-state index is -0.385. The zero-order chi connectivity index (χ0) is 20.7. The van der Waals surface area contributed by atoms with Crippen molar-refractivity contribution < 1.29 is 14.3 Å². The minimum Gasteiger partial charge on any atom is -0.493 e. The van der Waals surface area contributed by atoms with E-state index in [0.717, 1.165) is 31.5 Å². The van der Waals surface area contributed by atoms with Crippen molar-refractivity contribution in [1.82, 2.24) is 15.1 Å². The molecule has 0 aliphatic carbocycles. The van der Waals surface area contributed by atoms with E-state index in [-0.39, 0.29) is 17.5 Å². The summed E-state index contributed by atoms with van der Waals surface area (Å²) < 4.78 is 10.6. The average molecular weight is 386 g/mol.